The van der Waals surface area contributed by atoms with Crippen molar-refractivity contribution in [1.29, 1.82) is 0 Å². The van der Waals surface area contributed by atoms with Crippen molar-refractivity contribution in [2.24, 2.45) is 5.92 Å². The third kappa shape index (κ3) is 6.61. The molecule has 0 bridgehead atoms. The fraction of sp³-hybridized carbons (Fsp3) is 0.379. The topological polar surface area (TPSA) is 117 Å². The number of aromatic nitrogens is 2. The molecule has 0 spiro atoms. The summed E-state index contributed by atoms with van der Waals surface area (Å²) in [5.41, 5.74) is 3.98. The van der Waals surface area contributed by atoms with Crippen LogP contribution in [0.4, 0.5) is 5.88 Å². The number of benzene rings is 2. The van der Waals surface area contributed by atoms with Crippen LogP contribution in [0.2, 0.25) is 0 Å². The molecule has 0 fully saturated rings. The van der Waals surface area contributed by atoms with E-state index in [1.54, 1.807) is 51.4 Å². The minimum atomic E-state index is -4.17. The van der Waals surface area contributed by atoms with E-state index in [-0.39, 0.29) is 30.7 Å². The Balaban J connectivity index is 1.80. The van der Waals surface area contributed by atoms with E-state index in [0.717, 1.165) is 15.4 Å². The first kappa shape index (κ1) is 29.5. The van der Waals surface area contributed by atoms with E-state index in [0.29, 0.717) is 47.4 Å². The molecule has 0 saturated heterocycles. The van der Waals surface area contributed by atoms with Crippen LogP contribution in [0, 0.1) is 19.8 Å². The summed E-state index contributed by atoms with van der Waals surface area (Å²) in [5.74, 6) is 0.906. The molecule has 0 saturated carbocycles. The Labute approximate surface area is 234 Å². The fourth-order valence-electron chi connectivity index (χ4n) is 4.08. The first-order valence-corrected chi connectivity index (χ1v) is 14.4. The monoisotopic (exact) mass is 569 g/mol. The van der Waals surface area contributed by atoms with Crippen molar-refractivity contribution in [1.82, 2.24) is 10.1 Å². The highest BCUT2D eigenvalue weighted by Crippen LogP contribution is 2.36. The minimum Gasteiger partial charge on any atom is -0.445 e. The average Bonchev–Trinajstić information content (AvgIpc) is 3.59. The molecule has 2 aromatic heterocycles. The molecule has 214 valence electrons. The molecule has 40 heavy (non-hydrogen) atoms. The smallest absolute Gasteiger partial charge is 0.269 e. The SMILES string of the molecule is COCCOCN(c1onc(C)c1C)S(=O)(=O)c1ccccc1-c1ccc(-c2ncco2)cc1COCC(C)C. The van der Waals surface area contributed by atoms with Crippen LogP contribution in [0.3, 0.4) is 0 Å². The van der Waals surface area contributed by atoms with Gasteiger partial charge in [-0.15, -0.1) is 0 Å². The van der Waals surface area contributed by atoms with Crippen LogP contribution in [0.25, 0.3) is 22.6 Å². The Morgan fingerprint density at radius 3 is 2.50 bits per heavy atom. The van der Waals surface area contributed by atoms with Gasteiger partial charge in [0, 0.05) is 30.4 Å². The Kier molecular flexibility index (Phi) is 9.75. The lowest BCUT2D eigenvalue weighted by atomic mass is 9.97. The van der Waals surface area contributed by atoms with Crippen molar-refractivity contribution in [3.05, 3.63) is 71.7 Å². The number of hydrogen-bond donors (Lipinski definition) is 0. The average molecular weight is 570 g/mol. The number of anilines is 1. The maximum atomic E-state index is 14.3. The van der Waals surface area contributed by atoms with Gasteiger partial charge < -0.3 is 23.2 Å². The molecule has 0 aliphatic carbocycles. The van der Waals surface area contributed by atoms with Gasteiger partial charge in [-0.25, -0.2) is 17.7 Å². The molecular weight excluding hydrogens is 534 g/mol. The van der Waals surface area contributed by atoms with Crippen LogP contribution in [-0.2, 0) is 30.8 Å². The van der Waals surface area contributed by atoms with Gasteiger partial charge in [-0.3, -0.25) is 0 Å². The van der Waals surface area contributed by atoms with E-state index in [1.165, 1.54) is 6.26 Å². The molecule has 4 rings (SSSR count). The lowest BCUT2D eigenvalue weighted by Crippen LogP contribution is -2.34. The molecule has 10 nitrogen and oxygen atoms in total. The fourth-order valence-corrected chi connectivity index (χ4v) is 5.62. The minimum absolute atomic E-state index is 0.0905. The molecule has 0 aliphatic heterocycles. The second-order valence-corrected chi connectivity index (χ2v) is 11.5. The Morgan fingerprint density at radius 1 is 1.02 bits per heavy atom. The second kappa shape index (κ2) is 13.2. The van der Waals surface area contributed by atoms with Gasteiger partial charge in [0.25, 0.3) is 10.0 Å². The molecule has 0 atom stereocenters. The summed E-state index contributed by atoms with van der Waals surface area (Å²) in [6.07, 6.45) is 3.09. The van der Waals surface area contributed by atoms with E-state index in [1.807, 2.05) is 18.2 Å². The number of sulfonamides is 1. The predicted molar refractivity (Wildman–Crippen MR) is 150 cm³/mol. The van der Waals surface area contributed by atoms with E-state index in [2.05, 4.69) is 24.0 Å². The Hall–Kier alpha value is -3.51. The standard InChI is InChI=1S/C29H35N3O7S/c1-20(2)17-37-18-24-16-23(28-30-12-13-38-28)10-11-25(24)26-8-6-7-9-27(26)40(33,34)32(19-36-15-14-35-5)29-21(3)22(4)31-39-29/h6-13,16,20H,14-15,17-19H2,1-5H3. The third-order valence-electron chi connectivity index (χ3n) is 6.24. The quantitative estimate of drug-likeness (QED) is 0.141. The van der Waals surface area contributed by atoms with E-state index < -0.39 is 10.0 Å². The first-order chi connectivity index (χ1) is 19.2. The molecule has 11 heteroatoms. The van der Waals surface area contributed by atoms with Gasteiger partial charge in [0.2, 0.25) is 11.8 Å². The molecule has 0 aliphatic rings. The number of nitrogens with zero attached hydrogens (tertiary/aromatic N) is 3. The van der Waals surface area contributed by atoms with Gasteiger partial charge in [-0.2, -0.15) is 0 Å². The van der Waals surface area contributed by atoms with Crippen LogP contribution < -0.4 is 4.31 Å². The number of rotatable bonds is 14. The number of aryl methyl sites for hydroxylation is 1. The zero-order chi connectivity index (χ0) is 28.7. The Morgan fingerprint density at radius 2 is 1.82 bits per heavy atom. The summed E-state index contributed by atoms with van der Waals surface area (Å²) < 4.78 is 57.4. The maximum Gasteiger partial charge on any atom is 0.269 e. The van der Waals surface area contributed by atoms with Crippen LogP contribution in [0.1, 0.15) is 30.7 Å². The summed E-state index contributed by atoms with van der Waals surface area (Å²) in [4.78, 5) is 4.35. The van der Waals surface area contributed by atoms with Crippen LogP contribution in [0.15, 0.2) is 68.8 Å². The van der Waals surface area contributed by atoms with Gasteiger partial charge in [0.1, 0.15) is 13.0 Å². The summed E-state index contributed by atoms with van der Waals surface area (Å²) in [6, 6.07) is 12.5. The first-order valence-electron chi connectivity index (χ1n) is 13.0. The summed E-state index contributed by atoms with van der Waals surface area (Å²) >= 11 is 0. The van der Waals surface area contributed by atoms with Crippen LogP contribution in [0.5, 0.6) is 0 Å². The van der Waals surface area contributed by atoms with Gasteiger partial charge >= 0.3 is 0 Å². The molecule has 0 N–H and O–H groups in total. The normalized spacial score (nSPS) is 11.8. The highest BCUT2D eigenvalue weighted by Gasteiger charge is 2.32. The summed E-state index contributed by atoms with van der Waals surface area (Å²) in [6.45, 7) is 8.74. The molecule has 0 radical (unpaired) electrons. The van der Waals surface area contributed by atoms with Gasteiger partial charge in [0.05, 0.1) is 36.6 Å². The molecular formula is C29H35N3O7S. The van der Waals surface area contributed by atoms with Crippen LogP contribution >= 0.6 is 0 Å². The van der Waals surface area contributed by atoms with Crippen molar-refractivity contribution in [2.45, 2.75) is 39.2 Å². The zero-order valence-electron chi connectivity index (χ0n) is 23.4. The van der Waals surface area contributed by atoms with Crippen molar-refractivity contribution >= 4 is 15.9 Å². The largest absolute Gasteiger partial charge is 0.445 e. The number of methoxy groups -OCH3 is 1. The van der Waals surface area contributed by atoms with Crippen LogP contribution in [-0.4, -0.2) is 52.2 Å². The van der Waals surface area contributed by atoms with E-state index in [9.17, 15) is 8.42 Å². The molecule has 0 amide bonds. The van der Waals surface area contributed by atoms with Gasteiger partial charge in [-0.05, 0) is 49.1 Å². The zero-order valence-corrected chi connectivity index (χ0v) is 24.2. The van der Waals surface area contributed by atoms with Crippen molar-refractivity contribution in [2.75, 3.05) is 38.0 Å². The molecule has 2 aromatic carbocycles. The summed E-state index contributed by atoms with van der Waals surface area (Å²) in [5, 5.41) is 3.97. The van der Waals surface area contributed by atoms with E-state index in [4.69, 9.17) is 23.2 Å². The van der Waals surface area contributed by atoms with Gasteiger partial charge in [-0.1, -0.05) is 43.3 Å². The third-order valence-corrected chi connectivity index (χ3v) is 8.00. The summed E-state index contributed by atoms with van der Waals surface area (Å²) in [7, 11) is -2.62. The second-order valence-electron chi connectivity index (χ2n) is 9.70. The molecule has 0 unspecified atom stereocenters. The highest BCUT2D eigenvalue weighted by atomic mass is 32.2. The Bertz CT molecular complexity index is 1500. The van der Waals surface area contributed by atoms with E-state index >= 15 is 0 Å². The van der Waals surface area contributed by atoms with Crippen molar-refractivity contribution < 1.29 is 31.6 Å². The van der Waals surface area contributed by atoms with Crippen molar-refractivity contribution in [3.8, 4) is 22.6 Å². The predicted octanol–water partition coefficient (Wildman–Crippen LogP) is 5.60. The van der Waals surface area contributed by atoms with Crippen molar-refractivity contribution in [3.63, 3.8) is 0 Å². The maximum absolute atomic E-state index is 14.3. The number of hydrogen-bond acceptors (Lipinski definition) is 9. The molecule has 2 heterocycles. The molecule has 4 aromatic rings. The lowest BCUT2D eigenvalue weighted by Gasteiger charge is -2.24. The number of oxazole rings is 1. The van der Waals surface area contributed by atoms with Gasteiger partial charge in [0.15, 0.2) is 0 Å². The number of ether oxygens (including phenoxy) is 3. The highest BCUT2D eigenvalue weighted by molar-refractivity contribution is 7.93. The lowest BCUT2D eigenvalue weighted by molar-refractivity contribution is 0.0744.